The van der Waals surface area contributed by atoms with Crippen molar-refractivity contribution >= 4 is 17.6 Å². The van der Waals surface area contributed by atoms with Crippen LogP contribution in [0.1, 0.15) is 79.1 Å². The first-order chi connectivity index (χ1) is 11.3. The van der Waals surface area contributed by atoms with Crippen molar-refractivity contribution in [2.24, 2.45) is 0 Å². The Hall–Kier alpha value is -2.35. The predicted molar refractivity (Wildman–Crippen MR) is 102 cm³/mol. The Morgan fingerprint density at radius 3 is 1.92 bits per heavy atom. The zero-order valence-corrected chi connectivity index (χ0v) is 15.1. The maximum atomic E-state index is 10.9. The molecule has 0 aliphatic carbocycles. The summed E-state index contributed by atoms with van der Waals surface area (Å²) in [7, 11) is 0. The van der Waals surface area contributed by atoms with E-state index in [2.05, 4.69) is 58.9 Å². The smallest absolute Gasteiger partial charge is 0.335 e. The van der Waals surface area contributed by atoms with Crippen LogP contribution in [0.2, 0.25) is 0 Å². The van der Waals surface area contributed by atoms with Crippen molar-refractivity contribution in [1.82, 2.24) is 0 Å². The summed E-state index contributed by atoms with van der Waals surface area (Å²) in [5.41, 5.74) is 6.52. The summed E-state index contributed by atoms with van der Waals surface area (Å²) in [5.74, 6) is 0.113. The fourth-order valence-electron chi connectivity index (χ4n) is 2.90. The molecule has 1 N–H and O–H groups in total. The van der Waals surface area contributed by atoms with Crippen LogP contribution in [0.25, 0.3) is 11.6 Å². The fraction of sp³-hybridized carbons (Fsp3) is 0.318. The van der Waals surface area contributed by atoms with Gasteiger partial charge in [0.2, 0.25) is 0 Å². The molecule has 0 saturated heterocycles. The van der Waals surface area contributed by atoms with E-state index < -0.39 is 5.97 Å². The zero-order valence-electron chi connectivity index (χ0n) is 15.1. The molecule has 0 heterocycles. The molecule has 24 heavy (non-hydrogen) atoms. The van der Waals surface area contributed by atoms with E-state index in [1.165, 1.54) is 22.3 Å². The molecular formula is C22H26O2. The third-order valence-electron chi connectivity index (χ3n) is 4.33. The average molecular weight is 322 g/mol. The topological polar surface area (TPSA) is 37.3 Å². The Kier molecular flexibility index (Phi) is 5.61. The molecular weight excluding hydrogens is 296 g/mol. The van der Waals surface area contributed by atoms with Crippen LogP contribution in [-0.2, 0) is 0 Å². The molecule has 0 amide bonds. The van der Waals surface area contributed by atoms with Gasteiger partial charge in [0.15, 0.2) is 0 Å². The Balaban J connectivity index is 2.36. The number of hydrogen-bond donors (Lipinski definition) is 1. The van der Waals surface area contributed by atoms with E-state index in [1.807, 2.05) is 12.1 Å². The third kappa shape index (κ3) is 4.14. The van der Waals surface area contributed by atoms with Crippen LogP contribution in [0, 0.1) is 0 Å². The molecule has 0 aliphatic heterocycles. The predicted octanol–water partition coefficient (Wildman–Crippen LogP) is 6.19. The molecule has 2 aromatic carbocycles. The lowest BCUT2D eigenvalue weighted by atomic mass is 9.88. The van der Waals surface area contributed by atoms with Crippen molar-refractivity contribution in [3.05, 3.63) is 70.3 Å². The molecule has 0 saturated carbocycles. The number of benzene rings is 2. The number of aromatic carboxylic acids is 1. The Morgan fingerprint density at radius 2 is 1.42 bits per heavy atom. The molecule has 2 nitrogen and oxygen atoms in total. The van der Waals surface area contributed by atoms with Crippen LogP contribution >= 0.6 is 0 Å². The summed E-state index contributed by atoms with van der Waals surface area (Å²) in [4.78, 5) is 10.9. The van der Waals surface area contributed by atoms with E-state index in [9.17, 15) is 4.79 Å². The number of allylic oxidation sites excluding steroid dienone is 1. The van der Waals surface area contributed by atoms with Gasteiger partial charge in [0.25, 0.3) is 0 Å². The van der Waals surface area contributed by atoms with Crippen molar-refractivity contribution in [3.8, 4) is 0 Å². The van der Waals surface area contributed by atoms with Gasteiger partial charge in [0, 0.05) is 0 Å². The SMILES string of the molecule is C/C(=C\c1ccc(C(=O)O)cc1)c1ccc(C(C)C)c(C(C)C)c1. The molecule has 0 radical (unpaired) electrons. The molecule has 2 rings (SSSR count). The van der Waals surface area contributed by atoms with Gasteiger partial charge in [0.1, 0.15) is 0 Å². The van der Waals surface area contributed by atoms with E-state index in [-0.39, 0.29) is 0 Å². The first kappa shape index (κ1) is 18.0. The highest BCUT2D eigenvalue weighted by molar-refractivity contribution is 5.88. The van der Waals surface area contributed by atoms with Crippen LogP contribution in [0.5, 0.6) is 0 Å². The van der Waals surface area contributed by atoms with Gasteiger partial charge in [0.05, 0.1) is 5.56 Å². The van der Waals surface area contributed by atoms with Crippen molar-refractivity contribution in [2.45, 2.75) is 46.5 Å². The van der Waals surface area contributed by atoms with Gasteiger partial charge >= 0.3 is 5.97 Å². The lowest BCUT2D eigenvalue weighted by molar-refractivity contribution is 0.0697. The normalized spacial score (nSPS) is 12.0. The quantitative estimate of drug-likeness (QED) is 0.666. The summed E-state index contributed by atoms with van der Waals surface area (Å²) < 4.78 is 0. The van der Waals surface area contributed by atoms with Gasteiger partial charge < -0.3 is 5.11 Å². The molecule has 0 unspecified atom stereocenters. The van der Waals surface area contributed by atoms with E-state index in [1.54, 1.807) is 12.1 Å². The van der Waals surface area contributed by atoms with E-state index in [4.69, 9.17) is 5.11 Å². The molecule has 0 aromatic heterocycles. The van der Waals surface area contributed by atoms with Crippen LogP contribution in [0.15, 0.2) is 42.5 Å². The van der Waals surface area contributed by atoms with Crippen molar-refractivity contribution in [3.63, 3.8) is 0 Å². The maximum absolute atomic E-state index is 10.9. The number of carbonyl (C=O) groups is 1. The molecule has 0 spiro atoms. The average Bonchev–Trinajstić information content (AvgIpc) is 2.54. The minimum Gasteiger partial charge on any atom is -0.478 e. The highest BCUT2D eigenvalue weighted by Crippen LogP contribution is 2.29. The molecule has 2 aromatic rings. The summed E-state index contributed by atoms with van der Waals surface area (Å²) >= 11 is 0. The molecule has 0 fully saturated rings. The Labute approximate surface area is 144 Å². The highest BCUT2D eigenvalue weighted by Gasteiger charge is 2.11. The van der Waals surface area contributed by atoms with Crippen LogP contribution in [0.3, 0.4) is 0 Å². The number of rotatable bonds is 5. The van der Waals surface area contributed by atoms with E-state index >= 15 is 0 Å². The number of carboxylic acids is 1. The first-order valence-corrected chi connectivity index (χ1v) is 8.45. The van der Waals surface area contributed by atoms with Gasteiger partial charge in [-0.1, -0.05) is 64.1 Å². The monoisotopic (exact) mass is 322 g/mol. The van der Waals surface area contributed by atoms with Crippen molar-refractivity contribution in [2.75, 3.05) is 0 Å². The summed E-state index contributed by atoms with van der Waals surface area (Å²) in [5, 5.41) is 8.97. The standard InChI is InChI=1S/C22H26O2/c1-14(2)20-11-10-19(13-21(20)15(3)4)16(5)12-17-6-8-18(9-7-17)22(23)24/h6-15H,1-5H3,(H,23,24)/b16-12+. The minimum atomic E-state index is -0.895. The van der Waals surface area contributed by atoms with Gasteiger partial charge in [-0.15, -0.1) is 0 Å². The van der Waals surface area contributed by atoms with Crippen LogP contribution in [-0.4, -0.2) is 11.1 Å². The van der Waals surface area contributed by atoms with Gasteiger partial charge in [-0.05, 0) is 58.7 Å². The lowest BCUT2D eigenvalue weighted by Crippen LogP contribution is -1.99. The molecule has 2 heteroatoms. The second-order valence-electron chi connectivity index (χ2n) is 6.91. The summed E-state index contributed by atoms with van der Waals surface area (Å²) in [6.07, 6.45) is 2.10. The maximum Gasteiger partial charge on any atom is 0.335 e. The number of hydrogen-bond acceptors (Lipinski definition) is 1. The molecule has 126 valence electrons. The summed E-state index contributed by atoms with van der Waals surface area (Å²) in [6, 6.07) is 13.7. The Morgan fingerprint density at radius 1 is 0.875 bits per heavy atom. The van der Waals surface area contributed by atoms with Crippen molar-refractivity contribution < 1.29 is 9.90 Å². The van der Waals surface area contributed by atoms with Gasteiger partial charge in [-0.25, -0.2) is 4.79 Å². The zero-order chi connectivity index (χ0) is 17.9. The Bertz CT molecular complexity index is 750. The largest absolute Gasteiger partial charge is 0.478 e. The van der Waals surface area contributed by atoms with E-state index in [0.717, 1.165) is 5.56 Å². The van der Waals surface area contributed by atoms with Gasteiger partial charge in [-0.3, -0.25) is 0 Å². The molecule has 0 aliphatic rings. The van der Waals surface area contributed by atoms with Gasteiger partial charge in [-0.2, -0.15) is 0 Å². The lowest BCUT2D eigenvalue weighted by Gasteiger charge is -2.17. The second-order valence-corrected chi connectivity index (χ2v) is 6.91. The third-order valence-corrected chi connectivity index (χ3v) is 4.33. The first-order valence-electron chi connectivity index (χ1n) is 8.45. The second kappa shape index (κ2) is 7.48. The van der Waals surface area contributed by atoms with Crippen molar-refractivity contribution in [1.29, 1.82) is 0 Å². The van der Waals surface area contributed by atoms with E-state index in [0.29, 0.717) is 17.4 Å². The minimum absolute atomic E-state index is 0.313. The summed E-state index contributed by atoms with van der Waals surface area (Å²) in [6.45, 7) is 11.0. The fourth-order valence-corrected chi connectivity index (χ4v) is 2.90. The molecule has 0 bridgehead atoms. The van der Waals surface area contributed by atoms with Crippen LogP contribution in [0.4, 0.5) is 0 Å². The highest BCUT2D eigenvalue weighted by atomic mass is 16.4. The van der Waals surface area contributed by atoms with Crippen LogP contribution < -0.4 is 0 Å². The number of carboxylic acid groups (broad SMARTS) is 1. The molecule has 0 atom stereocenters.